The Balaban J connectivity index is 1.36. The van der Waals surface area contributed by atoms with Gasteiger partial charge in [-0.15, -0.1) is 0 Å². The first kappa shape index (κ1) is 25.6. The van der Waals surface area contributed by atoms with Gasteiger partial charge in [0, 0.05) is 16.7 Å². The molecule has 0 N–H and O–H groups in total. The molecule has 2 heterocycles. The summed E-state index contributed by atoms with van der Waals surface area (Å²) in [5.41, 5.74) is 13.0. The lowest BCUT2D eigenvalue weighted by atomic mass is 9.94. The van der Waals surface area contributed by atoms with Gasteiger partial charge in [-0.2, -0.15) is 0 Å². The van der Waals surface area contributed by atoms with Crippen LogP contribution < -0.4 is 0 Å². The summed E-state index contributed by atoms with van der Waals surface area (Å²) in [5, 5.41) is 0. The number of pyridine rings is 2. The van der Waals surface area contributed by atoms with Crippen molar-refractivity contribution in [2.45, 2.75) is 12.8 Å². The summed E-state index contributed by atoms with van der Waals surface area (Å²) < 4.78 is 0. The molecule has 42 heavy (non-hydrogen) atoms. The van der Waals surface area contributed by atoms with Gasteiger partial charge in [0.2, 0.25) is 0 Å². The van der Waals surface area contributed by atoms with Gasteiger partial charge in [-0.25, -0.2) is 9.97 Å². The summed E-state index contributed by atoms with van der Waals surface area (Å²) in [6.07, 6.45) is 8.87. The molecule has 0 amide bonds. The van der Waals surface area contributed by atoms with Crippen molar-refractivity contribution in [1.82, 2.24) is 9.97 Å². The number of rotatable bonds is 6. The highest BCUT2D eigenvalue weighted by Gasteiger charge is 2.13. The minimum atomic E-state index is 0.964. The standard InChI is InChI=1S/C40H30N2/c1-5-14-29(15-6-1)37-25-35(26-38(41-37)30-16-7-2-8-17-30)33-22-13-23-34(24-33)36-27-39(31-18-9-3-10-19-31)42-40(28-36)32-20-11-4-12-21-32/h1-3,5-11,13-28H,4,12H2. The van der Waals surface area contributed by atoms with E-state index in [1.165, 1.54) is 5.57 Å². The van der Waals surface area contributed by atoms with Gasteiger partial charge in [0.25, 0.3) is 0 Å². The Hall–Kier alpha value is -5.34. The Bertz CT molecular complexity index is 1850. The fourth-order valence-corrected chi connectivity index (χ4v) is 5.49. The van der Waals surface area contributed by atoms with Gasteiger partial charge >= 0.3 is 0 Å². The van der Waals surface area contributed by atoms with E-state index in [9.17, 15) is 0 Å². The summed E-state index contributed by atoms with van der Waals surface area (Å²) in [5.74, 6) is 0. The van der Waals surface area contributed by atoms with Crippen LogP contribution in [-0.4, -0.2) is 9.97 Å². The van der Waals surface area contributed by atoms with E-state index in [4.69, 9.17) is 9.97 Å². The topological polar surface area (TPSA) is 25.8 Å². The number of benzene rings is 4. The van der Waals surface area contributed by atoms with E-state index in [2.05, 4.69) is 140 Å². The summed E-state index contributed by atoms with van der Waals surface area (Å²) in [6.45, 7) is 0. The van der Waals surface area contributed by atoms with Gasteiger partial charge in [0.15, 0.2) is 0 Å². The molecule has 0 atom stereocenters. The van der Waals surface area contributed by atoms with E-state index in [1.54, 1.807) is 0 Å². The van der Waals surface area contributed by atoms with E-state index in [0.717, 1.165) is 74.6 Å². The molecule has 6 aromatic rings. The highest BCUT2D eigenvalue weighted by molar-refractivity contribution is 5.83. The fourth-order valence-electron chi connectivity index (χ4n) is 5.49. The van der Waals surface area contributed by atoms with Crippen LogP contribution in [0, 0.1) is 0 Å². The molecule has 0 aliphatic heterocycles. The molecule has 1 aliphatic carbocycles. The van der Waals surface area contributed by atoms with Crippen LogP contribution in [0.25, 0.3) is 61.6 Å². The van der Waals surface area contributed by atoms with Crippen molar-refractivity contribution in [3.63, 3.8) is 0 Å². The zero-order valence-corrected chi connectivity index (χ0v) is 23.3. The maximum atomic E-state index is 5.10. The van der Waals surface area contributed by atoms with E-state index in [1.807, 2.05) is 18.2 Å². The Kier molecular flexibility index (Phi) is 7.10. The van der Waals surface area contributed by atoms with Gasteiger partial charge in [0.1, 0.15) is 0 Å². The SMILES string of the molecule is C1=CC(c2cc(-c3cccc(-c4cc(-c5ccccc5)nc(-c5ccccc5)c4)c3)cc(-c3ccccc3)n2)=CCC1. The maximum Gasteiger partial charge on any atom is 0.0715 e. The zero-order chi connectivity index (χ0) is 28.1. The van der Waals surface area contributed by atoms with Crippen molar-refractivity contribution >= 4 is 5.57 Å². The van der Waals surface area contributed by atoms with E-state index in [0.29, 0.717) is 0 Å². The molecule has 0 bridgehead atoms. The van der Waals surface area contributed by atoms with Gasteiger partial charge in [-0.05, 0) is 71.0 Å². The van der Waals surface area contributed by atoms with Gasteiger partial charge in [-0.3, -0.25) is 0 Å². The van der Waals surface area contributed by atoms with Crippen LogP contribution >= 0.6 is 0 Å². The molecule has 7 rings (SSSR count). The van der Waals surface area contributed by atoms with Crippen molar-refractivity contribution < 1.29 is 0 Å². The molecule has 1 aliphatic rings. The molecule has 2 nitrogen and oxygen atoms in total. The third kappa shape index (κ3) is 5.48. The molecular formula is C40H30N2. The highest BCUT2D eigenvalue weighted by atomic mass is 14.7. The molecule has 0 fully saturated rings. The third-order valence-electron chi connectivity index (χ3n) is 7.68. The second-order valence-electron chi connectivity index (χ2n) is 10.6. The summed E-state index contributed by atoms with van der Waals surface area (Å²) in [4.78, 5) is 10.2. The average Bonchev–Trinajstić information content (AvgIpc) is 3.09. The van der Waals surface area contributed by atoms with Crippen LogP contribution in [0.15, 0.2) is 158 Å². The molecule has 0 saturated heterocycles. The molecule has 4 aromatic carbocycles. The molecule has 0 unspecified atom stereocenters. The monoisotopic (exact) mass is 538 g/mol. The molecular weight excluding hydrogens is 508 g/mol. The summed E-state index contributed by atoms with van der Waals surface area (Å²) >= 11 is 0. The summed E-state index contributed by atoms with van der Waals surface area (Å²) in [6, 6.07) is 48.9. The Morgan fingerprint density at radius 1 is 0.357 bits per heavy atom. The van der Waals surface area contributed by atoms with Crippen LogP contribution in [0.4, 0.5) is 0 Å². The van der Waals surface area contributed by atoms with Crippen molar-refractivity contribution in [1.29, 1.82) is 0 Å². The first-order chi connectivity index (χ1) is 20.8. The molecule has 2 aromatic heterocycles. The third-order valence-corrected chi connectivity index (χ3v) is 7.68. The van der Waals surface area contributed by atoms with Crippen molar-refractivity contribution in [3.05, 3.63) is 163 Å². The number of aromatic nitrogens is 2. The maximum absolute atomic E-state index is 5.10. The van der Waals surface area contributed by atoms with Crippen LogP contribution in [0.3, 0.4) is 0 Å². The smallest absolute Gasteiger partial charge is 0.0715 e. The number of nitrogens with zero attached hydrogens (tertiary/aromatic N) is 2. The molecule has 0 spiro atoms. The first-order valence-electron chi connectivity index (χ1n) is 14.5. The van der Waals surface area contributed by atoms with Crippen LogP contribution in [0.5, 0.6) is 0 Å². The second-order valence-corrected chi connectivity index (χ2v) is 10.6. The average molecular weight is 539 g/mol. The highest BCUT2D eigenvalue weighted by Crippen LogP contribution is 2.34. The minimum absolute atomic E-state index is 0.964. The summed E-state index contributed by atoms with van der Waals surface area (Å²) in [7, 11) is 0. The van der Waals surface area contributed by atoms with Crippen molar-refractivity contribution in [2.24, 2.45) is 0 Å². The van der Waals surface area contributed by atoms with Crippen molar-refractivity contribution in [2.75, 3.05) is 0 Å². The predicted molar refractivity (Wildman–Crippen MR) is 176 cm³/mol. The van der Waals surface area contributed by atoms with Crippen LogP contribution in [-0.2, 0) is 0 Å². The molecule has 0 radical (unpaired) electrons. The fraction of sp³-hybridized carbons (Fsp3) is 0.0500. The molecule has 0 saturated carbocycles. The van der Waals surface area contributed by atoms with Gasteiger partial charge in [0.05, 0.1) is 22.8 Å². The lowest BCUT2D eigenvalue weighted by molar-refractivity contribution is 1.04. The Labute approximate surface area is 247 Å². The van der Waals surface area contributed by atoms with Gasteiger partial charge in [-0.1, -0.05) is 127 Å². The van der Waals surface area contributed by atoms with Gasteiger partial charge < -0.3 is 0 Å². The first-order valence-corrected chi connectivity index (χ1v) is 14.5. The van der Waals surface area contributed by atoms with Crippen LogP contribution in [0.1, 0.15) is 18.5 Å². The largest absolute Gasteiger partial charge is 0.248 e. The molecule has 200 valence electrons. The Morgan fingerprint density at radius 2 is 0.786 bits per heavy atom. The second kappa shape index (κ2) is 11.6. The van der Waals surface area contributed by atoms with E-state index < -0.39 is 0 Å². The number of hydrogen-bond acceptors (Lipinski definition) is 2. The van der Waals surface area contributed by atoms with E-state index >= 15 is 0 Å². The lowest BCUT2D eigenvalue weighted by Gasteiger charge is -2.14. The molecule has 2 heteroatoms. The number of hydrogen-bond donors (Lipinski definition) is 0. The predicted octanol–water partition coefficient (Wildman–Crippen LogP) is 10.5. The normalized spacial score (nSPS) is 12.6. The lowest BCUT2D eigenvalue weighted by Crippen LogP contribution is -1.95. The number of allylic oxidation sites excluding steroid dienone is 4. The quantitative estimate of drug-likeness (QED) is 0.211. The zero-order valence-electron chi connectivity index (χ0n) is 23.3. The van der Waals surface area contributed by atoms with Crippen molar-refractivity contribution in [3.8, 4) is 56.0 Å². The van der Waals surface area contributed by atoms with E-state index in [-0.39, 0.29) is 0 Å². The minimum Gasteiger partial charge on any atom is -0.248 e. The Morgan fingerprint density at radius 3 is 1.24 bits per heavy atom. The van der Waals surface area contributed by atoms with Crippen LogP contribution in [0.2, 0.25) is 0 Å².